The van der Waals surface area contributed by atoms with Crippen LogP contribution in [0.3, 0.4) is 0 Å². The molecule has 1 aromatic heterocycles. The molecule has 4 rings (SSSR count). The van der Waals surface area contributed by atoms with Crippen LogP contribution < -0.4 is 4.74 Å². The van der Waals surface area contributed by atoms with Crippen molar-refractivity contribution in [2.75, 3.05) is 0 Å². The number of aromatic nitrogens is 1. The number of benzene rings is 1. The summed E-state index contributed by atoms with van der Waals surface area (Å²) in [5.41, 5.74) is 1.36. The molecule has 112 valence electrons. The van der Waals surface area contributed by atoms with E-state index in [-0.39, 0.29) is 6.10 Å². The largest absolute Gasteiger partial charge is 0.491 e. The van der Waals surface area contributed by atoms with Gasteiger partial charge in [-0.2, -0.15) is 0 Å². The Morgan fingerprint density at radius 1 is 1.19 bits per heavy atom. The van der Waals surface area contributed by atoms with E-state index < -0.39 is 0 Å². The smallest absolute Gasteiger partial charge is 0.120 e. The van der Waals surface area contributed by atoms with E-state index in [1.165, 1.54) is 43.1 Å². The summed E-state index contributed by atoms with van der Waals surface area (Å²) in [6, 6.07) is 8.74. The number of hydrogen-bond acceptors (Lipinski definition) is 1. The Hall–Kier alpha value is -1.44. The predicted octanol–water partition coefficient (Wildman–Crippen LogP) is 4.86. The van der Waals surface area contributed by atoms with Gasteiger partial charge >= 0.3 is 0 Å². The van der Waals surface area contributed by atoms with Gasteiger partial charge in [-0.3, -0.25) is 0 Å². The van der Waals surface area contributed by atoms with Gasteiger partial charge in [-0.25, -0.2) is 0 Å². The molecule has 3 unspecified atom stereocenters. The lowest BCUT2D eigenvalue weighted by Crippen LogP contribution is -2.16. The molecule has 2 nitrogen and oxygen atoms in total. The Labute approximate surface area is 127 Å². The molecule has 0 radical (unpaired) electrons. The summed E-state index contributed by atoms with van der Waals surface area (Å²) in [6.45, 7) is 5.35. The van der Waals surface area contributed by atoms with E-state index >= 15 is 0 Å². The molecule has 0 amide bonds. The lowest BCUT2D eigenvalue weighted by Gasteiger charge is -2.22. The fraction of sp³-hybridized carbons (Fsp3) is 0.579. The summed E-state index contributed by atoms with van der Waals surface area (Å²) >= 11 is 0. The van der Waals surface area contributed by atoms with Gasteiger partial charge < -0.3 is 9.30 Å². The van der Waals surface area contributed by atoms with Gasteiger partial charge in [-0.1, -0.05) is 6.42 Å². The summed E-state index contributed by atoms with van der Waals surface area (Å²) < 4.78 is 8.25. The molecule has 1 heterocycles. The fourth-order valence-corrected chi connectivity index (χ4v) is 4.54. The summed E-state index contributed by atoms with van der Waals surface area (Å²) in [5, 5.41) is 1.30. The molecule has 0 spiro atoms. The number of rotatable bonds is 4. The topological polar surface area (TPSA) is 14.2 Å². The third kappa shape index (κ3) is 2.45. The third-order valence-corrected chi connectivity index (χ3v) is 5.43. The molecular formula is C19H25NO. The molecule has 1 aromatic carbocycles. The molecule has 21 heavy (non-hydrogen) atoms. The Morgan fingerprint density at radius 2 is 2.10 bits per heavy atom. The van der Waals surface area contributed by atoms with Crippen molar-refractivity contribution in [1.29, 1.82) is 0 Å². The minimum absolute atomic E-state index is 0.235. The van der Waals surface area contributed by atoms with E-state index in [1.807, 2.05) is 0 Å². The molecule has 2 bridgehead atoms. The van der Waals surface area contributed by atoms with Gasteiger partial charge in [0.2, 0.25) is 0 Å². The van der Waals surface area contributed by atoms with Gasteiger partial charge in [0.1, 0.15) is 5.75 Å². The van der Waals surface area contributed by atoms with E-state index in [1.54, 1.807) is 0 Å². The highest BCUT2D eigenvalue weighted by molar-refractivity contribution is 5.81. The van der Waals surface area contributed by atoms with Gasteiger partial charge in [0.05, 0.1) is 6.10 Å². The van der Waals surface area contributed by atoms with Crippen molar-refractivity contribution in [2.24, 2.45) is 17.8 Å². The Morgan fingerprint density at radius 3 is 2.81 bits per heavy atom. The second-order valence-electron chi connectivity index (χ2n) is 7.29. The lowest BCUT2D eigenvalue weighted by atomic mass is 9.89. The minimum atomic E-state index is 0.235. The van der Waals surface area contributed by atoms with Crippen molar-refractivity contribution in [2.45, 2.75) is 52.2 Å². The Bertz CT molecular complexity index is 642. The summed E-state index contributed by atoms with van der Waals surface area (Å²) in [6.07, 6.45) is 8.41. The Kier molecular flexibility index (Phi) is 3.20. The normalized spacial score (nSPS) is 27.9. The van der Waals surface area contributed by atoms with Crippen LogP contribution in [-0.2, 0) is 6.54 Å². The molecular weight excluding hydrogens is 258 g/mol. The first-order valence-corrected chi connectivity index (χ1v) is 8.44. The van der Waals surface area contributed by atoms with Crippen molar-refractivity contribution in [3.8, 4) is 5.75 Å². The SMILES string of the molecule is CC(C)Oc1ccc2c(ccn2CC2CC3CCC2C3)c1. The van der Waals surface area contributed by atoms with Crippen molar-refractivity contribution in [1.82, 2.24) is 4.57 Å². The van der Waals surface area contributed by atoms with Crippen LogP contribution in [-0.4, -0.2) is 10.7 Å². The predicted molar refractivity (Wildman–Crippen MR) is 86.6 cm³/mol. The maximum absolute atomic E-state index is 5.80. The molecule has 0 aliphatic heterocycles. The van der Waals surface area contributed by atoms with E-state index in [4.69, 9.17) is 4.74 Å². The van der Waals surface area contributed by atoms with Gasteiger partial charge in [0.25, 0.3) is 0 Å². The summed E-state index contributed by atoms with van der Waals surface area (Å²) in [5.74, 6) is 3.92. The van der Waals surface area contributed by atoms with E-state index in [0.29, 0.717) is 0 Å². The van der Waals surface area contributed by atoms with Gasteiger partial charge in [0.15, 0.2) is 0 Å². The van der Waals surface area contributed by atoms with Crippen LogP contribution in [0.1, 0.15) is 39.5 Å². The van der Waals surface area contributed by atoms with E-state index in [2.05, 4.69) is 48.9 Å². The summed E-state index contributed by atoms with van der Waals surface area (Å²) in [7, 11) is 0. The zero-order chi connectivity index (χ0) is 14.4. The molecule has 2 aromatic rings. The van der Waals surface area contributed by atoms with Gasteiger partial charge in [-0.05, 0) is 75.1 Å². The van der Waals surface area contributed by atoms with Crippen LogP contribution in [0.25, 0.3) is 10.9 Å². The summed E-state index contributed by atoms with van der Waals surface area (Å²) in [4.78, 5) is 0. The van der Waals surface area contributed by atoms with Crippen molar-refractivity contribution in [3.63, 3.8) is 0 Å². The van der Waals surface area contributed by atoms with Crippen LogP contribution >= 0.6 is 0 Å². The maximum atomic E-state index is 5.80. The van der Waals surface area contributed by atoms with Gasteiger partial charge in [0, 0.05) is 23.6 Å². The van der Waals surface area contributed by atoms with Crippen molar-refractivity contribution in [3.05, 3.63) is 30.5 Å². The second-order valence-corrected chi connectivity index (χ2v) is 7.29. The highest BCUT2D eigenvalue weighted by Gasteiger charge is 2.39. The molecule has 0 N–H and O–H groups in total. The van der Waals surface area contributed by atoms with Crippen molar-refractivity contribution < 1.29 is 4.74 Å². The van der Waals surface area contributed by atoms with Crippen LogP contribution in [0, 0.1) is 17.8 Å². The van der Waals surface area contributed by atoms with Crippen LogP contribution in [0.4, 0.5) is 0 Å². The van der Waals surface area contributed by atoms with E-state index in [0.717, 1.165) is 23.5 Å². The lowest BCUT2D eigenvalue weighted by molar-refractivity contribution is 0.243. The number of hydrogen-bond donors (Lipinski definition) is 0. The zero-order valence-corrected chi connectivity index (χ0v) is 13.1. The molecule has 2 heteroatoms. The quantitative estimate of drug-likeness (QED) is 0.781. The first kappa shape index (κ1) is 13.2. The molecule has 2 aliphatic carbocycles. The number of nitrogens with zero attached hydrogens (tertiary/aromatic N) is 1. The average Bonchev–Trinajstić information content (AvgIpc) is 3.14. The minimum Gasteiger partial charge on any atom is -0.491 e. The Balaban J connectivity index is 1.56. The molecule has 2 saturated carbocycles. The van der Waals surface area contributed by atoms with Crippen LogP contribution in [0.15, 0.2) is 30.5 Å². The number of fused-ring (bicyclic) bond motifs is 3. The zero-order valence-electron chi connectivity index (χ0n) is 13.1. The second kappa shape index (κ2) is 5.08. The molecule has 2 fully saturated rings. The van der Waals surface area contributed by atoms with Crippen molar-refractivity contribution >= 4 is 10.9 Å². The average molecular weight is 283 g/mol. The third-order valence-electron chi connectivity index (χ3n) is 5.43. The molecule has 2 aliphatic rings. The standard InChI is InChI=1S/C19H25NO/c1-13(2)21-18-5-6-19-16(11-18)7-8-20(19)12-17-10-14-3-4-15(17)9-14/h5-8,11,13-15,17H,3-4,9-10,12H2,1-2H3. The highest BCUT2D eigenvalue weighted by Crippen LogP contribution is 2.49. The van der Waals surface area contributed by atoms with Gasteiger partial charge in [-0.15, -0.1) is 0 Å². The van der Waals surface area contributed by atoms with Crippen LogP contribution in [0.5, 0.6) is 5.75 Å². The number of ether oxygens (including phenoxy) is 1. The van der Waals surface area contributed by atoms with Crippen LogP contribution in [0.2, 0.25) is 0 Å². The molecule has 3 atom stereocenters. The molecule has 0 saturated heterocycles. The fourth-order valence-electron chi connectivity index (χ4n) is 4.54. The first-order chi connectivity index (χ1) is 10.2. The maximum Gasteiger partial charge on any atom is 0.120 e. The van der Waals surface area contributed by atoms with E-state index in [9.17, 15) is 0 Å². The monoisotopic (exact) mass is 283 g/mol. The first-order valence-electron chi connectivity index (χ1n) is 8.44. The highest BCUT2D eigenvalue weighted by atomic mass is 16.5.